The number of rotatable bonds is 5. The summed E-state index contributed by atoms with van der Waals surface area (Å²) in [5, 5.41) is 17.3. The van der Waals surface area contributed by atoms with Crippen molar-refractivity contribution in [1.82, 2.24) is 20.0 Å². The maximum Gasteiger partial charge on any atom is 0.253 e. The SMILES string of the molecule is CCC(CO)N1CCN(C(=O)c2cccc(-c3nnc(C)o3)c2)CC1. The van der Waals surface area contributed by atoms with Crippen LogP contribution in [0.15, 0.2) is 28.7 Å². The second kappa shape index (κ2) is 7.76. The van der Waals surface area contributed by atoms with Crippen LogP contribution in [0.25, 0.3) is 11.5 Å². The van der Waals surface area contributed by atoms with Crippen molar-refractivity contribution in [2.24, 2.45) is 0 Å². The molecule has 1 saturated heterocycles. The summed E-state index contributed by atoms with van der Waals surface area (Å²) >= 11 is 0. The van der Waals surface area contributed by atoms with E-state index in [0.717, 1.165) is 25.1 Å². The molecule has 2 heterocycles. The summed E-state index contributed by atoms with van der Waals surface area (Å²) in [6.07, 6.45) is 0.913. The van der Waals surface area contributed by atoms with E-state index < -0.39 is 0 Å². The van der Waals surface area contributed by atoms with E-state index in [-0.39, 0.29) is 18.6 Å². The highest BCUT2D eigenvalue weighted by atomic mass is 16.4. The van der Waals surface area contributed by atoms with Gasteiger partial charge in [-0.2, -0.15) is 0 Å². The highest BCUT2D eigenvalue weighted by molar-refractivity contribution is 5.95. The number of hydrogen-bond donors (Lipinski definition) is 1. The van der Waals surface area contributed by atoms with Crippen LogP contribution in [0.4, 0.5) is 0 Å². The fourth-order valence-corrected chi connectivity index (χ4v) is 3.17. The number of nitrogens with zero attached hydrogens (tertiary/aromatic N) is 4. The lowest BCUT2D eigenvalue weighted by Crippen LogP contribution is -2.52. The Balaban J connectivity index is 1.68. The van der Waals surface area contributed by atoms with Gasteiger partial charge in [0.25, 0.3) is 5.91 Å². The summed E-state index contributed by atoms with van der Waals surface area (Å²) in [5.74, 6) is 0.928. The van der Waals surface area contributed by atoms with Crippen molar-refractivity contribution in [2.75, 3.05) is 32.8 Å². The molecule has 0 aliphatic carbocycles. The number of hydrogen-bond acceptors (Lipinski definition) is 6. The summed E-state index contributed by atoms with van der Waals surface area (Å²) in [6, 6.07) is 7.47. The van der Waals surface area contributed by atoms with Crippen LogP contribution in [0.2, 0.25) is 0 Å². The van der Waals surface area contributed by atoms with Gasteiger partial charge in [-0.15, -0.1) is 10.2 Å². The molecule has 7 nitrogen and oxygen atoms in total. The molecule has 3 rings (SSSR count). The Bertz CT molecular complexity index is 719. The van der Waals surface area contributed by atoms with Gasteiger partial charge in [-0.1, -0.05) is 13.0 Å². The Hall–Kier alpha value is -2.25. The van der Waals surface area contributed by atoms with E-state index in [1.165, 1.54) is 0 Å². The van der Waals surface area contributed by atoms with Crippen LogP contribution in [0.1, 0.15) is 29.6 Å². The third kappa shape index (κ3) is 3.88. The lowest BCUT2D eigenvalue weighted by atomic mass is 10.1. The molecule has 1 aliphatic rings. The highest BCUT2D eigenvalue weighted by Gasteiger charge is 2.25. The van der Waals surface area contributed by atoms with Crippen molar-refractivity contribution in [3.63, 3.8) is 0 Å². The zero-order valence-electron chi connectivity index (χ0n) is 14.7. The number of benzene rings is 1. The molecule has 1 atom stereocenters. The van der Waals surface area contributed by atoms with E-state index in [0.29, 0.717) is 30.4 Å². The van der Waals surface area contributed by atoms with Gasteiger partial charge >= 0.3 is 0 Å². The van der Waals surface area contributed by atoms with Crippen LogP contribution in [-0.2, 0) is 0 Å². The lowest BCUT2D eigenvalue weighted by molar-refractivity contribution is 0.0472. The quantitative estimate of drug-likeness (QED) is 0.887. The van der Waals surface area contributed by atoms with Crippen molar-refractivity contribution < 1.29 is 14.3 Å². The van der Waals surface area contributed by atoms with Gasteiger partial charge in [0.1, 0.15) is 0 Å². The van der Waals surface area contributed by atoms with Gasteiger partial charge in [0.05, 0.1) is 6.61 Å². The normalized spacial score (nSPS) is 16.8. The van der Waals surface area contributed by atoms with Crippen LogP contribution < -0.4 is 0 Å². The van der Waals surface area contributed by atoms with Crippen LogP contribution >= 0.6 is 0 Å². The molecule has 25 heavy (non-hydrogen) atoms. The van der Waals surface area contributed by atoms with Gasteiger partial charge in [-0.05, 0) is 24.6 Å². The molecular weight excluding hydrogens is 320 g/mol. The summed E-state index contributed by atoms with van der Waals surface area (Å²) in [5.41, 5.74) is 1.37. The molecule has 7 heteroatoms. The molecule has 1 fully saturated rings. The van der Waals surface area contributed by atoms with Crippen LogP contribution in [0.5, 0.6) is 0 Å². The van der Waals surface area contributed by atoms with Gasteiger partial charge < -0.3 is 14.4 Å². The number of carbonyl (C=O) groups is 1. The smallest absolute Gasteiger partial charge is 0.253 e. The standard InChI is InChI=1S/C18H24N4O3/c1-3-16(12-23)21-7-9-22(10-8-21)18(24)15-6-4-5-14(11-15)17-20-19-13(2)25-17/h4-6,11,16,23H,3,7-10,12H2,1-2H3. The fraction of sp³-hybridized carbons (Fsp3) is 0.500. The van der Waals surface area contributed by atoms with E-state index in [2.05, 4.69) is 22.0 Å². The molecule has 0 saturated carbocycles. The second-order valence-electron chi connectivity index (χ2n) is 6.28. The minimum absolute atomic E-state index is 0.00906. The Kier molecular flexibility index (Phi) is 5.45. The van der Waals surface area contributed by atoms with Crippen molar-refractivity contribution in [1.29, 1.82) is 0 Å². The van der Waals surface area contributed by atoms with Gasteiger partial charge in [0.15, 0.2) is 0 Å². The van der Waals surface area contributed by atoms with E-state index in [1.807, 2.05) is 23.1 Å². The summed E-state index contributed by atoms with van der Waals surface area (Å²) in [7, 11) is 0. The molecule has 1 aromatic carbocycles. The molecule has 1 N–H and O–H groups in total. The first-order chi connectivity index (χ1) is 12.1. The third-order valence-corrected chi connectivity index (χ3v) is 4.68. The average Bonchev–Trinajstić information content (AvgIpc) is 3.09. The molecule has 0 radical (unpaired) electrons. The number of carbonyl (C=O) groups excluding carboxylic acids is 1. The monoisotopic (exact) mass is 344 g/mol. The van der Waals surface area contributed by atoms with Crippen molar-refractivity contribution in [3.8, 4) is 11.5 Å². The summed E-state index contributed by atoms with van der Waals surface area (Å²) in [4.78, 5) is 16.9. The van der Waals surface area contributed by atoms with Gasteiger partial charge in [0.2, 0.25) is 11.8 Å². The van der Waals surface area contributed by atoms with Gasteiger partial charge in [-0.25, -0.2) is 0 Å². The number of aromatic nitrogens is 2. The molecule has 1 aromatic heterocycles. The molecule has 1 amide bonds. The first kappa shape index (κ1) is 17.6. The zero-order chi connectivity index (χ0) is 17.8. The second-order valence-corrected chi connectivity index (χ2v) is 6.28. The van der Waals surface area contributed by atoms with Gasteiger partial charge in [0, 0.05) is 50.3 Å². The van der Waals surface area contributed by atoms with Crippen LogP contribution in [0.3, 0.4) is 0 Å². The molecule has 0 bridgehead atoms. The maximum atomic E-state index is 12.8. The van der Waals surface area contributed by atoms with Crippen molar-refractivity contribution in [3.05, 3.63) is 35.7 Å². The van der Waals surface area contributed by atoms with Crippen molar-refractivity contribution in [2.45, 2.75) is 26.3 Å². The van der Waals surface area contributed by atoms with Gasteiger partial charge in [-0.3, -0.25) is 9.69 Å². The maximum absolute atomic E-state index is 12.8. The molecule has 1 unspecified atom stereocenters. The minimum atomic E-state index is 0.00906. The average molecular weight is 344 g/mol. The zero-order valence-corrected chi connectivity index (χ0v) is 14.7. The first-order valence-corrected chi connectivity index (χ1v) is 8.67. The predicted molar refractivity (Wildman–Crippen MR) is 93.1 cm³/mol. The molecule has 134 valence electrons. The molecule has 1 aliphatic heterocycles. The Morgan fingerprint density at radius 3 is 2.64 bits per heavy atom. The minimum Gasteiger partial charge on any atom is -0.421 e. The van der Waals surface area contributed by atoms with E-state index in [9.17, 15) is 9.90 Å². The number of piperazine rings is 1. The fourth-order valence-electron chi connectivity index (χ4n) is 3.17. The predicted octanol–water partition coefficient (Wildman–Crippen LogP) is 1.57. The summed E-state index contributed by atoms with van der Waals surface area (Å²) in [6.45, 7) is 6.87. The molecular formula is C18H24N4O3. The largest absolute Gasteiger partial charge is 0.421 e. The molecule has 0 spiro atoms. The van der Waals surface area contributed by atoms with E-state index >= 15 is 0 Å². The number of aliphatic hydroxyl groups is 1. The van der Waals surface area contributed by atoms with Crippen LogP contribution in [0, 0.1) is 6.92 Å². The van der Waals surface area contributed by atoms with E-state index in [1.54, 1.807) is 13.0 Å². The first-order valence-electron chi connectivity index (χ1n) is 8.67. The number of aryl methyl sites for hydroxylation is 1. The Labute approximate surface area is 147 Å². The van der Waals surface area contributed by atoms with Crippen LogP contribution in [-0.4, -0.2) is 69.8 Å². The number of amides is 1. The highest BCUT2D eigenvalue weighted by Crippen LogP contribution is 2.20. The number of aliphatic hydroxyl groups excluding tert-OH is 1. The lowest BCUT2D eigenvalue weighted by Gasteiger charge is -2.38. The molecule has 2 aromatic rings. The summed E-state index contributed by atoms with van der Waals surface area (Å²) < 4.78 is 5.44. The Morgan fingerprint density at radius 1 is 1.28 bits per heavy atom. The Morgan fingerprint density at radius 2 is 2.04 bits per heavy atom. The third-order valence-electron chi connectivity index (χ3n) is 4.68. The van der Waals surface area contributed by atoms with E-state index in [4.69, 9.17) is 4.42 Å². The topological polar surface area (TPSA) is 82.7 Å². The van der Waals surface area contributed by atoms with Crippen molar-refractivity contribution >= 4 is 5.91 Å².